The number of rotatable bonds is 3. The van der Waals surface area contributed by atoms with Gasteiger partial charge in [-0.2, -0.15) is 0 Å². The number of aromatic nitrogens is 2. The zero-order valence-electron chi connectivity index (χ0n) is 9.68. The average Bonchev–Trinajstić information content (AvgIpc) is 2.95. The van der Waals surface area contributed by atoms with Crippen LogP contribution in [0, 0.1) is 5.92 Å². The Morgan fingerprint density at radius 1 is 1.31 bits per heavy atom. The zero-order chi connectivity index (χ0) is 10.8. The fourth-order valence-electron chi connectivity index (χ4n) is 2.99. The van der Waals surface area contributed by atoms with E-state index in [1.807, 2.05) is 18.7 Å². The lowest BCUT2D eigenvalue weighted by molar-refractivity contribution is 0.306. The highest BCUT2D eigenvalue weighted by Gasteiger charge is 2.33. The Morgan fingerprint density at radius 3 is 3.12 bits per heavy atom. The average molecular weight is 220 g/mol. The van der Waals surface area contributed by atoms with Crippen LogP contribution in [0.25, 0.3) is 0 Å². The first kappa shape index (κ1) is 10.3. The highest BCUT2D eigenvalue weighted by Crippen LogP contribution is 2.24. The summed E-state index contributed by atoms with van der Waals surface area (Å²) in [6.07, 6.45) is 8.57. The van der Waals surface area contributed by atoms with E-state index in [4.69, 9.17) is 0 Å². The van der Waals surface area contributed by atoms with Crippen molar-refractivity contribution < 1.29 is 0 Å². The molecule has 3 heterocycles. The molecule has 1 aromatic rings. The van der Waals surface area contributed by atoms with Crippen LogP contribution in [0.15, 0.2) is 18.7 Å². The van der Waals surface area contributed by atoms with Crippen molar-refractivity contribution in [3.8, 4) is 0 Å². The van der Waals surface area contributed by atoms with Gasteiger partial charge in [0.2, 0.25) is 0 Å². The number of fused-ring (bicyclic) bond motifs is 1. The Hall–Kier alpha value is -0.870. The van der Waals surface area contributed by atoms with Crippen LogP contribution < -0.4 is 5.32 Å². The molecule has 4 nitrogen and oxygen atoms in total. The lowest BCUT2D eigenvalue weighted by Gasteiger charge is -2.24. The molecule has 2 saturated heterocycles. The van der Waals surface area contributed by atoms with Gasteiger partial charge in [0.05, 0.1) is 6.33 Å². The van der Waals surface area contributed by atoms with Gasteiger partial charge < -0.3 is 9.88 Å². The first-order chi connectivity index (χ1) is 7.92. The quantitative estimate of drug-likeness (QED) is 0.808. The first-order valence-corrected chi connectivity index (χ1v) is 6.33. The molecule has 0 aliphatic carbocycles. The monoisotopic (exact) mass is 220 g/mol. The Bertz CT molecular complexity index is 308. The molecule has 1 aromatic heterocycles. The molecule has 2 atom stereocenters. The van der Waals surface area contributed by atoms with Crippen LogP contribution >= 0.6 is 0 Å². The summed E-state index contributed by atoms with van der Waals surface area (Å²) >= 11 is 0. The summed E-state index contributed by atoms with van der Waals surface area (Å²) in [6, 6.07) is 0.761. The van der Waals surface area contributed by atoms with E-state index in [2.05, 4.69) is 19.8 Å². The van der Waals surface area contributed by atoms with Gasteiger partial charge in [-0.05, 0) is 25.3 Å². The molecule has 0 bridgehead atoms. The van der Waals surface area contributed by atoms with Gasteiger partial charge in [0.25, 0.3) is 0 Å². The predicted octanol–water partition coefficient (Wildman–Crippen LogP) is 0.567. The molecular weight excluding hydrogens is 200 g/mol. The lowest BCUT2D eigenvalue weighted by Crippen LogP contribution is -2.40. The maximum Gasteiger partial charge on any atom is 0.0946 e. The number of hydrogen-bond acceptors (Lipinski definition) is 3. The van der Waals surface area contributed by atoms with Crippen LogP contribution in [0.4, 0.5) is 0 Å². The number of nitrogens with one attached hydrogen (secondary N) is 1. The molecule has 0 saturated carbocycles. The van der Waals surface area contributed by atoms with Crippen LogP contribution in [0.3, 0.4) is 0 Å². The van der Waals surface area contributed by atoms with Gasteiger partial charge >= 0.3 is 0 Å². The fourth-order valence-corrected chi connectivity index (χ4v) is 2.99. The number of piperidine rings is 1. The summed E-state index contributed by atoms with van der Waals surface area (Å²) < 4.78 is 2.16. The Labute approximate surface area is 96.7 Å². The van der Waals surface area contributed by atoms with Crippen molar-refractivity contribution in [3.63, 3.8) is 0 Å². The van der Waals surface area contributed by atoms with Crippen LogP contribution in [0.2, 0.25) is 0 Å². The maximum atomic E-state index is 4.07. The molecule has 88 valence electrons. The van der Waals surface area contributed by atoms with Crippen molar-refractivity contribution >= 4 is 0 Å². The van der Waals surface area contributed by atoms with E-state index in [1.165, 1.54) is 32.5 Å². The van der Waals surface area contributed by atoms with Gasteiger partial charge in [-0.15, -0.1) is 0 Å². The molecule has 0 aromatic carbocycles. The predicted molar refractivity (Wildman–Crippen MR) is 63.2 cm³/mol. The number of likely N-dealkylation sites (tertiary alicyclic amines) is 1. The van der Waals surface area contributed by atoms with Crippen molar-refractivity contribution in [2.75, 3.05) is 26.2 Å². The van der Waals surface area contributed by atoms with Crippen LogP contribution in [-0.2, 0) is 6.54 Å². The third kappa shape index (κ3) is 2.13. The highest BCUT2D eigenvalue weighted by atomic mass is 15.2. The number of nitrogens with zero attached hydrogens (tertiary/aromatic N) is 3. The van der Waals surface area contributed by atoms with Gasteiger partial charge in [-0.1, -0.05) is 0 Å². The van der Waals surface area contributed by atoms with E-state index >= 15 is 0 Å². The highest BCUT2D eigenvalue weighted by molar-refractivity contribution is 4.91. The third-order valence-corrected chi connectivity index (χ3v) is 3.91. The molecule has 3 rings (SSSR count). The largest absolute Gasteiger partial charge is 0.336 e. The van der Waals surface area contributed by atoms with E-state index in [1.54, 1.807) is 0 Å². The second-order valence-electron chi connectivity index (χ2n) is 5.02. The second kappa shape index (κ2) is 4.55. The fraction of sp³-hybridized carbons (Fsp3) is 0.750. The minimum atomic E-state index is 0.761. The topological polar surface area (TPSA) is 33.1 Å². The molecular formula is C12H20N4. The Balaban J connectivity index is 1.50. The van der Waals surface area contributed by atoms with Gasteiger partial charge in [0, 0.05) is 44.6 Å². The molecule has 0 spiro atoms. The summed E-state index contributed by atoms with van der Waals surface area (Å²) in [4.78, 5) is 6.66. The minimum absolute atomic E-state index is 0.761. The second-order valence-corrected chi connectivity index (χ2v) is 5.02. The molecule has 16 heavy (non-hydrogen) atoms. The SMILES string of the molecule is c1cn(CCN2CC3CCCNC3C2)cn1. The summed E-state index contributed by atoms with van der Waals surface area (Å²) in [5.74, 6) is 0.900. The standard InChI is InChI=1S/C12H20N4/c1-2-11-8-16(9-12(11)14-3-1)7-6-15-5-4-13-10-15/h4-5,10-12,14H,1-3,6-9H2. The van der Waals surface area contributed by atoms with E-state index in [9.17, 15) is 0 Å². The van der Waals surface area contributed by atoms with Crippen molar-refractivity contribution in [3.05, 3.63) is 18.7 Å². The van der Waals surface area contributed by atoms with Crippen molar-refractivity contribution in [1.29, 1.82) is 0 Å². The van der Waals surface area contributed by atoms with E-state index in [0.29, 0.717) is 0 Å². The van der Waals surface area contributed by atoms with Crippen molar-refractivity contribution in [1.82, 2.24) is 19.8 Å². The molecule has 2 fully saturated rings. The molecule has 2 aliphatic rings. The normalized spacial score (nSPS) is 30.5. The Morgan fingerprint density at radius 2 is 2.31 bits per heavy atom. The minimum Gasteiger partial charge on any atom is -0.336 e. The molecule has 1 N–H and O–H groups in total. The zero-order valence-corrected chi connectivity index (χ0v) is 9.68. The lowest BCUT2D eigenvalue weighted by atomic mass is 9.94. The molecule has 0 amide bonds. The molecule has 2 unspecified atom stereocenters. The van der Waals surface area contributed by atoms with Crippen molar-refractivity contribution in [2.24, 2.45) is 5.92 Å². The summed E-state index contributed by atoms with van der Waals surface area (Å²) in [5.41, 5.74) is 0. The van der Waals surface area contributed by atoms with E-state index < -0.39 is 0 Å². The summed E-state index contributed by atoms with van der Waals surface area (Å²) in [7, 11) is 0. The van der Waals surface area contributed by atoms with Crippen LogP contribution in [-0.4, -0.2) is 46.7 Å². The van der Waals surface area contributed by atoms with Gasteiger partial charge in [0.1, 0.15) is 0 Å². The summed E-state index contributed by atoms with van der Waals surface area (Å²) in [5, 5.41) is 3.64. The number of imidazole rings is 1. The molecule has 4 heteroatoms. The number of hydrogen-bond donors (Lipinski definition) is 1. The maximum absolute atomic E-state index is 4.07. The van der Waals surface area contributed by atoms with Crippen molar-refractivity contribution in [2.45, 2.75) is 25.4 Å². The van der Waals surface area contributed by atoms with Gasteiger partial charge in [-0.3, -0.25) is 4.90 Å². The van der Waals surface area contributed by atoms with E-state index in [-0.39, 0.29) is 0 Å². The summed E-state index contributed by atoms with van der Waals surface area (Å²) in [6.45, 7) is 5.97. The van der Waals surface area contributed by atoms with Crippen LogP contribution in [0.5, 0.6) is 0 Å². The van der Waals surface area contributed by atoms with Crippen LogP contribution in [0.1, 0.15) is 12.8 Å². The Kier molecular flexibility index (Phi) is 2.93. The van der Waals surface area contributed by atoms with Gasteiger partial charge in [-0.25, -0.2) is 4.98 Å². The molecule has 0 radical (unpaired) electrons. The smallest absolute Gasteiger partial charge is 0.0946 e. The van der Waals surface area contributed by atoms with E-state index in [0.717, 1.165) is 25.0 Å². The first-order valence-electron chi connectivity index (χ1n) is 6.33. The molecule has 2 aliphatic heterocycles. The third-order valence-electron chi connectivity index (χ3n) is 3.91. The van der Waals surface area contributed by atoms with Gasteiger partial charge in [0.15, 0.2) is 0 Å².